The Bertz CT molecular complexity index is 391. The first kappa shape index (κ1) is 16.2. The van der Waals surface area contributed by atoms with E-state index in [9.17, 15) is 4.79 Å². The van der Waals surface area contributed by atoms with Gasteiger partial charge in [-0.1, -0.05) is 12.8 Å². The molecule has 0 amide bonds. The molecular weight excluding hydrogens is 284 g/mol. The summed E-state index contributed by atoms with van der Waals surface area (Å²) in [5.41, 5.74) is 0. The van der Waals surface area contributed by atoms with E-state index in [2.05, 4.69) is 0 Å². The van der Waals surface area contributed by atoms with E-state index in [-0.39, 0.29) is 11.9 Å². The first-order valence-electron chi connectivity index (χ1n) is 8.91. The largest absolute Gasteiger partial charge is 0.466 e. The molecule has 3 fully saturated rings. The number of esters is 1. The standard InChI is InChI=1S/C17H28O5/c1-2-19-15(18)10-9-14-8-4-7-13-17(14)20-16(21-22-17)11-5-3-6-12-16/h14H,2-13H2,1H3. The SMILES string of the molecule is CCOC(=O)CCC1CCCCC12OOC1(CCCCC1)O2. The van der Waals surface area contributed by atoms with Crippen LogP contribution in [0.15, 0.2) is 0 Å². The minimum absolute atomic E-state index is 0.130. The van der Waals surface area contributed by atoms with Crippen molar-refractivity contribution in [3.05, 3.63) is 0 Å². The average molecular weight is 312 g/mol. The van der Waals surface area contributed by atoms with Gasteiger partial charge < -0.3 is 9.47 Å². The summed E-state index contributed by atoms with van der Waals surface area (Å²) in [4.78, 5) is 23.2. The fraction of sp³-hybridized carbons (Fsp3) is 0.941. The van der Waals surface area contributed by atoms with Crippen LogP contribution in [0.4, 0.5) is 0 Å². The number of ether oxygens (including phenoxy) is 2. The highest BCUT2D eigenvalue weighted by atomic mass is 17.3. The van der Waals surface area contributed by atoms with Crippen LogP contribution in [-0.2, 0) is 24.0 Å². The third-order valence-corrected chi connectivity index (χ3v) is 5.26. The fourth-order valence-corrected chi connectivity index (χ4v) is 4.09. The van der Waals surface area contributed by atoms with Crippen molar-refractivity contribution in [1.29, 1.82) is 0 Å². The van der Waals surface area contributed by atoms with Crippen LogP contribution in [0, 0.1) is 5.92 Å². The van der Waals surface area contributed by atoms with Crippen molar-refractivity contribution in [2.24, 2.45) is 5.92 Å². The molecule has 22 heavy (non-hydrogen) atoms. The smallest absolute Gasteiger partial charge is 0.305 e. The lowest BCUT2D eigenvalue weighted by atomic mass is 9.80. The van der Waals surface area contributed by atoms with Crippen molar-refractivity contribution in [3.63, 3.8) is 0 Å². The molecule has 5 heteroatoms. The van der Waals surface area contributed by atoms with E-state index >= 15 is 0 Å². The molecule has 0 aromatic carbocycles. The van der Waals surface area contributed by atoms with Gasteiger partial charge in [0.2, 0.25) is 11.6 Å². The Balaban J connectivity index is 1.63. The molecule has 0 N–H and O–H groups in total. The summed E-state index contributed by atoms with van der Waals surface area (Å²) >= 11 is 0. The summed E-state index contributed by atoms with van der Waals surface area (Å²) in [6.07, 6.45) is 10.7. The Morgan fingerprint density at radius 3 is 2.64 bits per heavy atom. The van der Waals surface area contributed by atoms with Gasteiger partial charge in [0, 0.05) is 31.6 Å². The zero-order valence-electron chi connectivity index (χ0n) is 13.6. The first-order valence-corrected chi connectivity index (χ1v) is 8.91. The monoisotopic (exact) mass is 312 g/mol. The molecule has 1 saturated heterocycles. The van der Waals surface area contributed by atoms with Crippen molar-refractivity contribution >= 4 is 5.97 Å². The van der Waals surface area contributed by atoms with Crippen molar-refractivity contribution < 1.29 is 24.0 Å². The molecular formula is C17H28O5. The number of hydrogen-bond acceptors (Lipinski definition) is 5. The summed E-state index contributed by atoms with van der Waals surface area (Å²) in [5.74, 6) is -1.08. The van der Waals surface area contributed by atoms with Gasteiger partial charge in [0.1, 0.15) is 0 Å². The lowest BCUT2D eigenvalue weighted by molar-refractivity contribution is -0.366. The fourth-order valence-electron chi connectivity index (χ4n) is 4.09. The van der Waals surface area contributed by atoms with Gasteiger partial charge in [-0.15, -0.1) is 0 Å². The Hall–Kier alpha value is -0.650. The molecule has 5 nitrogen and oxygen atoms in total. The maximum absolute atomic E-state index is 11.6. The summed E-state index contributed by atoms with van der Waals surface area (Å²) < 4.78 is 11.5. The van der Waals surface area contributed by atoms with Crippen molar-refractivity contribution in [2.75, 3.05) is 6.61 Å². The number of rotatable bonds is 4. The third kappa shape index (κ3) is 3.31. The topological polar surface area (TPSA) is 54.0 Å². The maximum Gasteiger partial charge on any atom is 0.305 e. The predicted molar refractivity (Wildman–Crippen MR) is 79.6 cm³/mol. The molecule has 2 atom stereocenters. The van der Waals surface area contributed by atoms with Gasteiger partial charge in [0.15, 0.2) is 0 Å². The minimum atomic E-state index is -0.637. The van der Waals surface area contributed by atoms with Gasteiger partial charge in [-0.3, -0.25) is 4.79 Å². The number of carbonyl (C=O) groups excluding carboxylic acids is 1. The van der Waals surface area contributed by atoms with Gasteiger partial charge in [-0.05, 0) is 39.0 Å². The van der Waals surface area contributed by atoms with Crippen molar-refractivity contribution in [3.8, 4) is 0 Å². The Labute approximate surface area is 132 Å². The van der Waals surface area contributed by atoms with Crippen LogP contribution in [0.25, 0.3) is 0 Å². The van der Waals surface area contributed by atoms with Gasteiger partial charge in [-0.2, -0.15) is 9.78 Å². The Kier molecular flexibility index (Phi) is 5.05. The van der Waals surface area contributed by atoms with Gasteiger partial charge in [0.25, 0.3) is 0 Å². The van der Waals surface area contributed by atoms with Crippen LogP contribution in [0.1, 0.15) is 77.6 Å². The van der Waals surface area contributed by atoms with Gasteiger partial charge in [-0.25, -0.2) is 0 Å². The second-order valence-electron chi connectivity index (χ2n) is 6.84. The van der Waals surface area contributed by atoms with Crippen LogP contribution in [0.5, 0.6) is 0 Å². The van der Waals surface area contributed by atoms with E-state index in [1.54, 1.807) is 0 Å². The maximum atomic E-state index is 11.6. The van der Waals surface area contributed by atoms with E-state index in [1.165, 1.54) is 6.42 Å². The predicted octanol–water partition coefficient (Wildman–Crippen LogP) is 3.86. The highest BCUT2D eigenvalue weighted by Crippen LogP contribution is 2.51. The lowest BCUT2D eigenvalue weighted by Gasteiger charge is -2.39. The first-order chi connectivity index (χ1) is 10.7. The molecule has 0 bridgehead atoms. The van der Waals surface area contributed by atoms with Crippen molar-refractivity contribution in [1.82, 2.24) is 0 Å². The molecule has 1 aliphatic heterocycles. The highest BCUT2D eigenvalue weighted by molar-refractivity contribution is 5.69. The Morgan fingerprint density at radius 1 is 1.09 bits per heavy atom. The summed E-state index contributed by atoms with van der Waals surface area (Å²) in [6, 6.07) is 0. The molecule has 0 aromatic heterocycles. The molecule has 2 spiro atoms. The molecule has 2 saturated carbocycles. The zero-order chi connectivity index (χ0) is 15.5. The minimum Gasteiger partial charge on any atom is -0.466 e. The summed E-state index contributed by atoms with van der Waals surface area (Å²) in [6.45, 7) is 2.28. The highest BCUT2D eigenvalue weighted by Gasteiger charge is 2.57. The molecule has 3 rings (SSSR count). The molecule has 2 aliphatic carbocycles. The quantitative estimate of drug-likeness (QED) is 0.583. The molecule has 2 unspecified atom stereocenters. The van der Waals surface area contributed by atoms with E-state index in [0.29, 0.717) is 13.0 Å². The second kappa shape index (κ2) is 6.85. The molecule has 3 aliphatic rings. The van der Waals surface area contributed by atoms with Crippen LogP contribution >= 0.6 is 0 Å². The van der Waals surface area contributed by atoms with E-state index < -0.39 is 11.6 Å². The van der Waals surface area contributed by atoms with Crippen LogP contribution in [0.2, 0.25) is 0 Å². The molecule has 0 radical (unpaired) electrons. The van der Waals surface area contributed by atoms with E-state index in [1.807, 2.05) is 6.92 Å². The zero-order valence-corrected chi connectivity index (χ0v) is 13.6. The summed E-state index contributed by atoms with van der Waals surface area (Å²) in [7, 11) is 0. The van der Waals surface area contributed by atoms with Gasteiger partial charge >= 0.3 is 5.97 Å². The van der Waals surface area contributed by atoms with E-state index in [0.717, 1.165) is 57.8 Å². The molecule has 126 valence electrons. The van der Waals surface area contributed by atoms with Crippen LogP contribution in [0.3, 0.4) is 0 Å². The van der Waals surface area contributed by atoms with Crippen LogP contribution < -0.4 is 0 Å². The molecule has 0 aromatic rings. The summed E-state index contributed by atoms with van der Waals surface area (Å²) in [5, 5.41) is 0. The van der Waals surface area contributed by atoms with Crippen LogP contribution in [-0.4, -0.2) is 24.2 Å². The van der Waals surface area contributed by atoms with Gasteiger partial charge in [0.05, 0.1) is 6.61 Å². The normalized spacial score (nSPS) is 34.1. The Morgan fingerprint density at radius 2 is 1.86 bits per heavy atom. The third-order valence-electron chi connectivity index (χ3n) is 5.26. The lowest BCUT2D eigenvalue weighted by Crippen LogP contribution is -2.45. The number of hydrogen-bond donors (Lipinski definition) is 0. The van der Waals surface area contributed by atoms with E-state index in [4.69, 9.17) is 19.2 Å². The average Bonchev–Trinajstić information content (AvgIpc) is 2.86. The van der Waals surface area contributed by atoms with Crippen molar-refractivity contribution in [2.45, 2.75) is 89.1 Å². The second-order valence-corrected chi connectivity index (χ2v) is 6.84. The number of carbonyl (C=O) groups is 1. The molecule has 1 heterocycles.